The highest BCUT2D eigenvalue weighted by molar-refractivity contribution is 6.31. The number of carbonyl (C=O) groups is 2. The van der Waals surface area contributed by atoms with Crippen LogP contribution in [0, 0.1) is 0 Å². The number of nitrogens with zero attached hydrogens (tertiary/aromatic N) is 1. The fraction of sp³-hybridized carbons (Fsp3) is 0.467. The Bertz CT molecular complexity index is 473. The van der Waals surface area contributed by atoms with Gasteiger partial charge >= 0.3 is 0 Å². The van der Waals surface area contributed by atoms with Gasteiger partial charge in [-0.05, 0) is 25.0 Å². The lowest BCUT2D eigenvalue weighted by Gasteiger charge is -2.24. The van der Waals surface area contributed by atoms with Crippen molar-refractivity contribution in [1.82, 2.24) is 4.90 Å². The van der Waals surface area contributed by atoms with Gasteiger partial charge in [-0.25, -0.2) is 0 Å². The zero-order valence-electron chi connectivity index (χ0n) is 10.9. The Kier molecular flexibility index (Phi) is 4.97. The van der Waals surface area contributed by atoms with E-state index in [1.54, 1.807) is 29.2 Å². The third kappa shape index (κ3) is 4.06. The molecule has 1 aliphatic rings. The second-order valence-corrected chi connectivity index (χ2v) is 5.35. The van der Waals surface area contributed by atoms with Crippen LogP contribution < -0.4 is 0 Å². The molecule has 0 N–H and O–H groups in total. The highest BCUT2D eigenvalue weighted by Gasteiger charge is 2.19. The SMILES string of the molecule is O=C(CN1CCCCCCC1=O)c1cccc(Cl)c1. The second kappa shape index (κ2) is 6.71. The van der Waals surface area contributed by atoms with Gasteiger partial charge < -0.3 is 4.90 Å². The molecule has 2 rings (SSSR count). The molecule has 19 heavy (non-hydrogen) atoms. The molecule has 0 radical (unpaired) electrons. The number of amides is 1. The maximum atomic E-state index is 12.2. The van der Waals surface area contributed by atoms with Crippen molar-refractivity contribution in [3.63, 3.8) is 0 Å². The monoisotopic (exact) mass is 279 g/mol. The van der Waals surface area contributed by atoms with Crippen LogP contribution in [0.3, 0.4) is 0 Å². The van der Waals surface area contributed by atoms with Crippen LogP contribution in [0.4, 0.5) is 0 Å². The molecule has 102 valence electrons. The van der Waals surface area contributed by atoms with Gasteiger partial charge in [0.1, 0.15) is 0 Å². The predicted octanol–water partition coefficient (Wildman–Crippen LogP) is 3.32. The molecule has 1 amide bonds. The first kappa shape index (κ1) is 14.1. The van der Waals surface area contributed by atoms with E-state index < -0.39 is 0 Å². The van der Waals surface area contributed by atoms with Crippen LogP contribution >= 0.6 is 11.6 Å². The first-order chi connectivity index (χ1) is 9.16. The molecule has 1 heterocycles. The summed E-state index contributed by atoms with van der Waals surface area (Å²) in [6.45, 7) is 0.852. The smallest absolute Gasteiger partial charge is 0.222 e. The quantitative estimate of drug-likeness (QED) is 0.796. The van der Waals surface area contributed by atoms with E-state index in [9.17, 15) is 9.59 Å². The average Bonchev–Trinajstić information content (AvgIpc) is 2.38. The molecule has 0 atom stereocenters. The van der Waals surface area contributed by atoms with Gasteiger partial charge in [0, 0.05) is 23.6 Å². The molecule has 4 heteroatoms. The van der Waals surface area contributed by atoms with Gasteiger partial charge in [0.25, 0.3) is 0 Å². The van der Waals surface area contributed by atoms with E-state index in [0.29, 0.717) is 23.6 Å². The van der Waals surface area contributed by atoms with Crippen molar-refractivity contribution in [2.75, 3.05) is 13.1 Å². The van der Waals surface area contributed by atoms with Gasteiger partial charge in [-0.3, -0.25) is 9.59 Å². The van der Waals surface area contributed by atoms with Gasteiger partial charge in [0.15, 0.2) is 5.78 Å². The number of Topliss-reactive ketones (excluding diaryl/α,β-unsaturated/α-hetero) is 1. The van der Waals surface area contributed by atoms with Crippen molar-refractivity contribution in [3.05, 3.63) is 34.9 Å². The van der Waals surface area contributed by atoms with Crippen molar-refractivity contribution >= 4 is 23.3 Å². The molecule has 3 nitrogen and oxygen atoms in total. The maximum absolute atomic E-state index is 12.2. The lowest BCUT2D eigenvalue weighted by molar-refractivity contribution is -0.131. The fourth-order valence-electron chi connectivity index (χ4n) is 2.31. The number of likely N-dealkylation sites (tertiary alicyclic amines) is 1. The van der Waals surface area contributed by atoms with Gasteiger partial charge in [0.05, 0.1) is 6.54 Å². The summed E-state index contributed by atoms with van der Waals surface area (Å²) in [5.41, 5.74) is 0.572. The van der Waals surface area contributed by atoms with Crippen LogP contribution in [0.2, 0.25) is 5.02 Å². The van der Waals surface area contributed by atoms with E-state index in [0.717, 1.165) is 25.7 Å². The van der Waals surface area contributed by atoms with E-state index in [4.69, 9.17) is 11.6 Å². The summed E-state index contributed by atoms with van der Waals surface area (Å²) >= 11 is 5.88. The summed E-state index contributed by atoms with van der Waals surface area (Å²) in [5.74, 6) is 0.0477. The molecule has 0 bridgehead atoms. The van der Waals surface area contributed by atoms with E-state index >= 15 is 0 Å². The Labute approximate surface area is 118 Å². The van der Waals surface area contributed by atoms with E-state index in [2.05, 4.69) is 0 Å². The normalized spacial score (nSPS) is 16.9. The van der Waals surface area contributed by atoms with Crippen molar-refractivity contribution in [3.8, 4) is 0 Å². The third-order valence-corrected chi connectivity index (χ3v) is 3.64. The highest BCUT2D eigenvalue weighted by Crippen LogP contribution is 2.14. The number of benzene rings is 1. The van der Waals surface area contributed by atoms with E-state index in [-0.39, 0.29) is 18.2 Å². The number of halogens is 1. The highest BCUT2D eigenvalue weighted by atomic mass is 35.5. The molecule has 0 saturated carbocycles. The van der Waals surface area contributed by atoms with E-state index in [1.807, 2.05) is 0 Å². The maximum Gasteiger partial charge on any atom is 0.222 e. The van der Waals surface area contributed by atoms with Crippen molar-refractivity contribution < 1.29 is 9.59 Å². The molecule has 1 aromatic carbocycles. The van der Waals surface area contributed by atoms with Crippen LogP contribution in [0.1, 0.15) is 42.5 Å². The number of rotatable bonds is 3. The average molecular weight is 280 g/mol. The van der Waals surface area contributed by atoms with Crippen molar-refractivity contribution in [2.45, 2.75) is 32.1 Å². The van der Waals surface area contributed by atoms with Crippen LogP contribution in [0.15, 0.2) is 24.3 Å². The minimum absolute atomic E-state index is 0.0450. The first-order valence-corrected chi connectivity index (χ1v) is 7.11. The molecule has 1 aromatic rings. The standard InChI is InChI=1S/C15H18ClNO2/c16-13-7-5-6-12(10-13)14(18)11-17-9-4-2-1-3-8-15(17)19/h5-7,10H,1-4,8-9,11H2. The van der Waals surface area contributed by atoms with Crippen molar-refractivity contribution in [2.24, 2.45) is 0 Å². The van der Waals surface area contributed by atoms with Gasteiger partial charge in [-0.1, -0.05) is 36.6 Å². The topological polar surface area (TPSA) is 37.4 Å². The number of hydrogen-bond acceptors (Lipinski definition) is 2. The number of hydrogen-bond donors (Lipinski definition) is 0. The zero-order valence-corrected chi connectivity index (χ0v) is 11.7. The molecular formula is C15H18ClNO2. The van der Waals surface area contributed by atoms with Crippen LogP contribution in [-0.4, -0.2) is 29.7 Å². The summed E-state index contributed by atoms with van der Waals surface area (Å²) in [5, 5.41) is 0.546. The molecular weight excluding hydrogens is 262 g/mol. The van der Waals surface area contributed by atoms with Crippen LogP contribution in [0.5, 0.6) is 0 Å². The molecule has 0 aromatic heterocycles. The number of ketones is 1. The summed E-state index contributed by atoms with van der Waals surface area (Å²) in [6, 6.07) is 6.88. The Balaban J connectivity index is 2.02. The first-order valence-electron chi connectivity index (χ1n) is 6.73. The zero-order chi connectivity index (χ0) is 13.7. The molecule has 0 unspecified atom stereocenters. The summed E-state index contributed by atoms with van der Waals surface area (Å²) in [7, 11) is 0. The van der Waals surface area contributed by atoms with Crippen LogP contribution in [-0.2, 0) is 4.79 Å². The lowest BCUT2D eigenvalue weighted by atomic mass is 10.1. The molecule has 1 fully saturated rings. The molecule has 1 saturated heterocycles. The van der Waals surface area contributed by atoms with Crippen LogP contribution in [0.25, 0.3) is 0 Å². The molecule has 0 aliphatic carbocycles. The Hall–Kier alpha value is -1.35. The molecule has 1 aliphatic heterocycles. The second-order valence-electron chi connectivity index (χ2n) is 4.91. The van der Waals surface area contributed by atoms with Gasteiger partial charge in [0.2, 0.25) is 5.91 Å². The summed E-state index contributed by atoms with van der Waals surface area (Å²) < 4.78 is 0. The van der Waals surface area contributed by atoms with Crippen molar-refractivity contribution in [1.29, 1.82) is 0 Å². The Morgan fingerprint density at radius 1 is 1.21 bits per heavy atom. The predicted molar refractivity (Wildman–Crippen MR) is 75.4 cm³/mol. The minimum atomic E-state index is -0.0450. The minimum Gasteiger partial charge on any atom is -0.335 e. The summed E-state index contributed by atoms with van der Waals surface area (Å²) in [4.78, 5) is 25.8. The van der Waals surface area contributed by atoms with Gasteiger partial charge in [-0.15, -0.1) is 0 Å². The molecule has 0 spiro atoms. The Morgan fingerprint density at radius 2 is 2.00 bits per heavy atom. The largest absolute Gasteiger partial charge is 0.335 e. The lowest BCUT2D eigenvalue weighted by Crippen LogP contribution is -2.37. The fourth-order valence-corrected chi connectivity index (χ4v) is 2.50. The third-order valence-electron chi connectivity index (χ3n) is 3.40. The van der Waals surface area contributed by atoms with Gasteiger partial charge in [-0.2, -0.15) is 0 Å². The Morgan fingerprint density at radius 3 is 2.79 bits per heavy atom. The summed E-state index contributed by atoms with van der Waals surface area (Å²) in [6.07, 6.45) is 4.72. The number of carbonyl (C=O) groups excluding carboxylic acids is 2. The van der Waals surface area contributed by atoms with E-state index in [1.165, 1.54) is 0 Å².